The van der Waals surface area contributed by atoms with E-state index in [1.807, 2.05) is 11.9 Å². The molecule has 5 heteroatoms. The Balaban J connectivity index is 2.02. The number of rotatable bonds is 3. The predicted molar refractivity (Wildman–Crippen MR) is 63.3 cm³/mol. The van der Waals surface area contributed by atoms with Gasteiger partial charge in [0, 0.05) is 19.1 Å². The highest BCUT2D eigenvalue weighted by Crippen LogP contribution is 2.20. The first-order valence-electron chi connectivity index (χ1n) is 6.23. The van der Waals surface area contributed by atoms with E-state index in [4.69, 9.17) is 9.47 Å². The molecule has 17 heavy (non-hydrogen) atoms. The van der Waals surface area contributed by atoms with E-state index in [2.05, 4.69) is 5.32 Å². The Morgan fingerprint density at radius 2 is 2.41 bits per heavy atom. The summed E-state index contributed by atoms with van der Waals surface area (Å²) < 4.78 is 10.5. The van der Waals surface area contributed by atoms with Crippen LogP contribution in [0.5, 0.6) is 0 Å². The first-order chi connectivity index (χ1) is 8.33. The van der Waals surface area contributed by atoms with Crippen LogP contribution >= 0.6 is 0 Å². The van der Waals surface area contributed by atoms with Crippen molar-refractivity contribution in [1.82, 2.24) is 10.2 Å². The van der Waals surface area contributed by atoms with Crippen molar-refractivity contribution in [3.63, 3.8) is 0 Å². The fourth-order valence-corrected chi connectivity index (χ4v) is 2.34. The molecule has 1 N–H and O–H groups in total. The van der Waals surface area contributed by atoms with Crippen molar-refractivity contribution >= 4 is 5.91 Å². The average Bonchev–Trinajstić information content (AvgIpc) is 2.40. The van der Waals surface area contributed by atoms with Gasteiger partial charge in [-0.1, -0.05) is 0 Å². The van der Waals surface area contributed by atoms with Crippen molar-refractivity contribution in [3.8, 4) is 0 Å². The topological polar surface area (TPSA) is 50.8 Å². The van der Waals surface area contributed by atoms with E-state index in [1.165, 1.54) is 12.7 Å². The number of nitrogens with zero attached hydrogens (tertiary/aromatic N) is 1. The highest BCUT2D eigenvalue weighted by Gasteiger charge is 2.29. The second-order valence-electron chi connectivity index (χ2n) is 4.41. The summed E-state index contributed by atoms with van der Waals surface area (Å²) in [6, 6.07) is 0.271. The van der Waals surface area contributed by atoms with E-state index in [0.717, 1.165) is 25.9 Å². The molecule has 96 valence electrons. The third-order valence-electron chi connectivity index (χ3n) is 3.19. The summed E-state index contributed by atoms with van der Waals surface area (Å²) in [6.07, 6.45) is 4.75. The molecule has 0 aromatic rings. The zero-order chi connectivity index (χ0) is 12.1. The number of likely N-dealkylation sites (tertiary alicyclic amines) is 1. The predicted octanol–water partition coefficient (Wildman–Crippen LogP) is 0.475. The number of amides is 1. The Kier molecular flexibility index (Phi) is 4.25. The van der Waals surface area contributed by atoms with Gasteiger partial charge in [-0.15, -0.1) is 0 Å². The molecule has 2 aliphatic heterocycles. The van der Waals surface area contributed by atoms with Gasteiger partial charge >= 0.3 is 0 Å². The molecule has 0 aromatic heterocycles. The number of hydrogen-bond donors (Lipinski definition) is 1. The third-order valence-corrected chi connectivity index (χ3v) is 3.19. The molecule has 0 radical (unpaired) electrons. The maximum absolute atomic E-state index is 12.3. The second kappa shape index (κ2) is 5.91. The van der Waals surface area contributed by atoms with Crippen LogP contribution < -0.4 is 5.32 Å². The summed E-state index contributed by atoms with van der Waals surface area (Å²) >= 11 is 0. The maximum Gasteiger partial charge on any atom is 0.292 e. The van der Waals surface area contributed by atoms with E-state index in [1.54, 1.807) is 0 Å². The Bertz CT molecular complexity index is 302. The van der Waals surface area contributed by atoms with Crippen molar-refractivity contribution < 1.29 is 14.3 Å². The van der Waals surface area contributed by atoms with E-state index in [9.17, 15) is 4.79 Å². The van der Waals surface area contributed by atoms with Gasteiger partial charge in [0.15, 0.2) is 0 Å². The smallest absolute Gasteiger partial charge is 0.292 e. The van der Waals surface area contributed by atoms with Crippen molar-refractivity contribution in [2.24, 2.45) is 0 Å². The number of hydrogen-bond acceptors (Lipinski definition) is 4. The molecule has 1 amide bonds. The molecule has 2 heterocycles. The third kappa shape index (κ3) is 2.91. The van der Waals surface area contributed by atoms with Crippen molar-refractivity contribution in [2.45, 2.75) is 25.3 Å². The highest BCUT2D eigenvalue weighted by molar-refractivity contribution is 5.91. The summed E-state index contributed by atoms with van der Waals surface area (Å²) in [4.78, 5) is 14.2. The SMILES string of the molecule is CNCC1CCCCN1C(=O)C1=COCCO1. The van der Waals surface area contributed by atoms with E-state index < -0.39 is 0 Å². The molecule has 1 fully saturated rings. The van der Waals surface area contributed by atoms with E-state index in [-0.39, 0.29) is 11.9 Å². The zero-order valence-electron chi connectivity index (χ0n) is 10.3. The van der Waals surface area contributed by atoms with Gasteiger partial charge in [-0.3, -0.25) is 4.79 Å². The number of nitrogens with one attached hydrogen (secondary N) is 1. The lowest BCUT2D eigenvalue weighted by Crippen LogP contribution is -2.49. The molecular weight excluding hydrogens is 220 g/mol. The summed E-state index contributed by atoms with van der Waals surface area (Å²) in [5.41, 5.74) is 0. The fourth-order valence-electron chi connectivity index (χ4n) is 2.34. The minimum Gasteiger partial charge on any atom is -0.494 e. The molecule has 1 unspecified atom stereocenters. The van der Waals surface area contributed by atoms with Crippen LogP contribution in [-0.2, 0) is 14.3 Å². The monoisotopic (exact) mass is 240 g/mol. The quantitative estimate of drug-likeness (QED) is 0.779. The van der Waals surface area contributed by atoms with Gasteiger partial charge in [0.2, 0.25) is 5.76 Å². The molecule has 2 aliphatic rings. The molecule has 0 saturated carbocycles. The van der Waals surface area contributed by atoms with Gasteiger partial charge in [-0.25, -0.2) is 0 Å². The summed E-state index contributed by atoms with van der Waals surface area (Å²) in [6.45, 7) is 2.63. The lowest BCUT2D eigenvalue weighted by atomic mass is 10.0. The van der Waals surface area contributed by atoms with Crippen LogP contribution in [0.25, 0.3) is 0 Å². The molecule has 0 aliphatic carbocycles. The number of piperidine rings is 1. The van der Waals surface area contributed by atoms with Gasteiger partial charge in [0.25, 0.3) is 5.91 Å². The molecule has 1 atom stereocenters. The van der Waals surface area contributed by atoms with E-state index in [0.29, 0.717) is 19.0 Å². The molecule has 5 nitrogen and oxygen atoms in total. The number of carbonyl (C=O) groups excluding carboxylic acids is 1. The Labute approximate surface area is 102 Å². The second-order valence-corrected chi connectivity index (χ2v) is 4.41. The Morgan fingerprint density at radius 1 is 1.53 bits per heavy atom. The summed E-state index contributed by atoms with van der Waals surface area (Å²) in [7, 11) is 1.91. The molecular formula is C12H20N2O3. The van der Waals surface area contributed by atoms with Crippen molar-refractivity contribution in [2.75, 3.05) is 33.4 Å². The van der Waals surface area contributed by atoms with Crippen molar-refractivity contribution in [1.29, 1.82) is 0 Å². The Morgan fingerprint density at radius 3 is 3.12 bits per heavy atom. The average molecular weight is 240 g/mol. The summed E-state index contributed by atoms with van der Waals surface area (Å²) in [5, 5.41) is 3.14. The van der Waals surface area contributed by atoms with Crippen LogP contribution in [-0.4, -0.2) is 50.2 Å². The highest BCUT2D eigenvalue weighted by atomic mass is 16.6. The first kappa shape index (κ1) is 12.2. The van der Waals surface area contributed by atoms with Crippen LogP contribution in [0.3, 0.4) is 0 Å². The van der Waals surface area contributed by atoms with Crippen LogP contribution in [0.1, 0.15) is 19.3 Å². The number of likely N-dealkylation sites (N-methyl/N-ethyl adjacent to an activating group) is 1. The largest absolute Gasteiger partial charge is 0.494 e. The summed E-state index contributed by atoms with van der Waals surface area (Å²) in [5.74, 6) is 0.309. The van der Waals surface area contributed by atoms with Gasteiger partial charge in [-0.2, -0.15) is 0 Å². The minimum absolute atomic E-state index is 0.0374. The molecule has 1 saturated heterocycles. The lowest BCUT2D eigenvalue weighted by molar-refractivity contribution is -0.135. The van der Waals surface area contributed by atoms with Crippen LogP contribution in [0.4, 0.5) is 0 Å². The molecule has 0 bridgehead atoms. The van der Waals surface area contributed by atoms with Crippen molar-refractivity contribution in [3.05, 3.63) is 12.0 Å². The van der Waals surface area contributed by atoms with Crippen LogP contribution in [0.15, 0.2) is 12.0 Å². The van der Waals surface area contributed by atoms with Crippen LogP contribution in [0.2, 0.25) is 0 Å². The lowest BCUT2D eigenvalue weighted by Gasteiger charge is -2.36. The van der Waals surface area contributed by atoms with Gasteiger partial charge in [0.05, 0.1) is 0 Å². The van der Waals surface area contributed by atoms with Gasteiger partial charge in [-0.05, 0) is 26.3 Å². The maximum atomic E-state index is 12.3. The zero-order valence-corrected chi connectivity index (χ0v) is 10.3. The minimum atomic E-state index is -0.0374. The normalized spacial score (nSPS) is 24.6. The van der Waals surface area contributed by atoms with Gasteiger partial charge < -0.3 is 19.7 Å². The molecule has 0 spiro atoms. The number of ether oxygens (including phenoxy) is 2. The fraction of sp³-hybridized carbons (Fsp3) is 0.750. The van der Waals surface area contributed by atoms with Gasteiger partial charge in [0.1, 0.15) is 19.5 Å². The number of carbonyl (C=O) groups is 1. The first-order valence-corrected chi connectivity index (χ1v) is 6.23. The van der Waals surface area contributed by atoms with Crippen LogP contribution in [0, 0.1) is 0 Å². The van der Waals surface area contributed by atoms with E-state index >= 15 is 0 Å². The molecule has 0 aromatic carbocycles. The Hall–Kier alpha value is -1.23. The molecule has 2 rings (SSSR count). The standard InChI is InChI=1S/C12H20N2O3/c1-13-8-10-4-2-3-5-14(10)12(15)11-9-16-6-7-17-11/h9-10,13H,2-8H2,1H3.